The standard InChI is InChI=1S/C14H20FNO/c1-11-4-5-13(15)8-12(11)9-17-14(2)6-3-7-16-10-14/h4-5,8,16H,3,6-7,9-10H2,1-2H3. The van der Waals surface area contributed by atoms with Gasteiger partial charge in [-0.05, 0) is 56.5 Å². The number of piperidine rings is 1. The van der Waals surface area contributed by atoms with Crippen molar-refractivity contribution in [2.75, 3.05) is 13.1 Å². The summed E-state index contributed by atoms with van der Waals surface area (Å²) >= 11 is 0. The number of benzene rings is 1. The maximum absolute atomic E-state index is 13.1. The van der Waals surface area contributed by atoms with Crippen molar-refractivity contribution >= 4 is 0 Å². The van der Waals surface area contributed by atoms with Crippen molar-refractivity contribution in [1.82, 2.24) is 5.32 Å². The van der Waals surface area contributed by atoms with Crippen molar-refractivity contribution in [2.24, 2.45) is 0 Å². The quantitative estimate of drug-likeness (QED) is 0.872. The van der Waals surface area contributed by atoms with Gasteiger partial charge in [-0.15, -0.1) is 0 Å². The Morgan fingerprint density at radius 2 is 2.29 bits per heavy atom. The lowest BCUT2D eigenvalue weighted by atomic mass is 9.96. The summed E-state index contributed by atoms with van der Waals surface area (Å²) in [4.78, 5) is 0. The number of rotatable bonds is 3. The summed E-state index contributed by atoms with van der Waals surface area (Å²) in [6, 6.07) is 4.85. The first-order valence-electron chi connectivity index (χ1n) is 6.19. The largest absolute Gasteiger partial charge is 0.369 e. The van der Waals surface area contributed by atoms with E-state index in [0.29, 0.717) is 6.61 Å². The minimum absolute atomic E-state index is 0.114. The van der Waals surface area contributed by atoms with Crippen LogP contribution in [0.2, 0.25) is 0 Å². The van der Waals surface area contributed by atoms with Crippen LogP contribution in [0.4, 0.5) is 4.39 Å². The average Bonchev–Trinajstić information content (AvgIpc) is 2.31. The highest BCUT2D eigenvalue weighted by atomic mass is 19.1. The predicted octanol–water partition coefficient (Wildman–Crippen LogP) is 2.79. The van der Waals surface area contributed by atoms with Crippen LogP contribution in [0.15, 0.2) is 18.2 Å². The van der Waals surface area contributed by atoms with Crippen molar-refractivity contribution in [3.63, 3.8) is 0 Å². The van der Waals surface area contributed by atoms with Gasteiger partial charge in [0.15, 0.2) is 0 Å². The van der Waals surface area contributed by atoms with Crippen LogP contribution < -0.4 is 5.32 Å². The Kier molecular flexibility index (Phi) is 3.79. The van der Waals surface area contributed by atoms with Crippen LogP contribution in [-0.4, -0.2) is 18.7 Å². The number of halogens is 1. The Morgan fingerprint density at radius 1 is 1.47 bits per heavy atom. The number of aryl methyl sites for hydroxylation is 1. The molecular weight excluding hydrogens is 217 g/mol. The number of ether oxygens (including phenoxy) is 1. The molecule has 0 saturated carbocycles. The van der Waals surface area contributed by atoms with Crippen molar-refractivity contribution in [2.45, 2.75) is 38.9 Å². The molecular formula is C14H20FNO. The van der Waals surface area contributed by atoms with E-state index in [1.807, 2.05) is 6.92 Å². The first-order chi connectivity index (χ1) is 8.09. The molecule has 2 rings (SSSR count). The minimum atomic E-state index is -0.193. The van der Waals surface area contributed by atoms with E-state index < -0.39 is 0 Å². The van der Waals surface area contributed by atoms with Crippen LogP contribution in [0, 0.1) is 12.7 Å². The van der Waals surface area contributed by atoms with Gasteiger partial charge in [0.1, 0.15) is 5.82 Å². The van der Waals surface area contributed by atoms with Crippen LogP contribution in [0.25, 0.3) is 0 Å². The van der Waals surface area contributed by atoms with Crippen LogP contribution >= 0.6 is 0 Å². The third-order valence-electron chi connectivity index (χ3n) is 3.45. The van der Waals surface area contributed by atoms with Gasteiger partial charge in [0.25, 0.3) is 0 Å². The first kappa shape index (κ1) is 12.5. The molecule has 94 valence electrons. The Balaban J connectivity index is 1.99. The minimum Gasteiger partial charge on any atom is -0.369 e. The zero-order chi connectivity index (χ0) is 12.3. The molecule has 1 N–H and O–H groups in total. The number of hydrogen-bond acceptors (Lipinski definition) is 2. The van der Waals surface area contributed by atoms with Crippen molar-refractivity contribution in [3.8, 4) is 0 Å². The van der Waals surface area contributed by atoms with Gasteiger partial charge in [-0.3, -0.25) is 0 Å². The molecule has 3 heteroatoms. The monoisotopic (exact) mass is 237 g/mol. The second kappa shape index (κ2) is 5.15. The maximum Gasteiger partial charge on any atom is 0.123 e. The SMILES string of the molecule is Cc1ccc(F)cc1COC1(C)CCCNC1. The van der Waals surface area contributed by atoms with Crippen molar-refractivity contribution < 1.29 is 9.13 Å². The van der Waals surface area contributed by atoms with Crippen LogP contribution in [0.3, 0.4) is 0 Å². The highest BCUT2D eigenvalue weighted by Gasteiger charge is 2.27. The molecule has 1 atom stereocenters. The molecule has 1 aromatic carbocycles. The smallest absolute Gasteiger partial charge is 0.123 e. The van der Waals surface area contributed by atoms with E-state index in [2.05, 4.69) is 12.2 Å². The molecule has 1 heterocycles. The maximum atomic E-state index is 13.1. The third kappa shape index (κ3) is 3.27. The van der Waals surface area contributed by atoms with Crippen molar-refractivity contribution in [1.29, 1.82) is 0 Å². The molecule has 1 aliphatic heterocycles. The molecule has 0 bridgehead atoms. The summed E-state index contributed by atoms with van der Waals surface area (Å²) in [6.07, 6.45) is 2.20. The first-order valence-corrected chi connectivity index (χ1v) is 6.19. The zero-order valence-electron chi connectivity index (χ0n) is 10.6. The van der Waals surface area contributed by atoms with Gasteiger partial charge >= 0.3 is 0 Å². The van der Waals surface area contributed by atoms with E-state index in [0.717, 1.165) is 37.1 Å². The fourth-order valence-corrected chi connectivity index (χ4v) is 2.20. The molecule has 0 amide bonds. The molecule has 0 radical (unpaired) electrons. The molecule has 0 aliphatic carbocycles. The predicted molar refractivity (Wildman–Crippen MR) is 66.4 cm³/mol. The van der Waals surface area contributed by atoms with E-state index in [4.69, 9.17) is 4.74 Å². The number of hydrogen-bond donors (Lipinski definition) is 1. The summed E-state index contributed by atoms with van der Waals surface area (Å²) in [5.41, 5.74) is 1.91. The summed E-state index contributed by atoms with van der Waals surface area (Å²) < 4.78 is 19.1. The summed E-state index contributed by atoms with van der Waals surface area (Å²) in [5.74, 6) is -0.193. The van der Waals surface area contributed by atoms with Gasteiger partial charge in [0, 0.05) is 6.54 Å². The highest BCUT2D eigenvalue weighted by molar-refractivity contribution is 5.25. The Morgan fingerprint density at radius 3 is 3.00 bits per heavy atom. The second-order valence-electron chi connectivity index (χ2n) is 5.09. The average molecular weight is 237 g/mol. The molecule has 1 fully saturated rings. The lowest BCUT2D eigenvalue weighted by Crippen LogP contribution is -2.45. The highest BCUT2D eigenvalue weighted by Crippen LogP contribution is 2.22. The Hall–Kier alpha value is -0.930. The normalized spacial score (nSPS) is 24.9. The van der Waals surface area contributed by atoms with Gasteiger partial charge in [-0.25, -0.2) is 4.39 Å². The molecule has 0 spiro atoms. The lowest BCUT2D eigenvalue weighted by Gasteiger charge is -2.34. The second-order valence-corrected chi connectivity index (χ2v) is 5.09. The molecule has 1 unspecified atom stereocenters. The van der Waals surface area contributed by atoms with E-state index in [9.17, 15) is 4.39 Å². The zero-order valence-corrected chi connectivity index (χ0v) is 10.6. The van der Waals surface area contributed by atoms with E-state index >= 15 is 0 Å². The summed E-state index contributed by atoms with van der Waals surface area (Å²) in [6.45, 7) is 6.54. The molecule has 17 heavy (non-hydrogen) atoms. The lowest BCUT2D eigenvalue weighted by molar-refractivity contribution is -0.0573. The van der Waals surface area contributed by atoms with E-state index in [-0.39, 0.29) is 11.4 Å². The van der Waals surface area contributed by atoms with Crippen molar-refractivity contribution in [3.05, 3.63) is 35.1 Å². The third-order valence-corrected chi connectivity index (χ3v) is 3.45. The fourth-order valence-electron chi connectivity index (χ4n) is 2.20. The van der Waals surface area contributed by atoms with Gasteiger partial charge in [-0.2, -0.15) is 0 Å². The Labute approximate surface area is 102 Å². The Bertz CT molecular complexity index is 386. The van der Waals surface area contributed by atoms with Gasteiger partial charge in [-0.1, -0.05) is 6.07 Å². The van der Waals surface area contributed by atoms with Gasteiger partial charge < -0.3 is 10.1 Å². The van der Waals surface area contributed by atoms with E-state index in [1.165, 1.54) is 6.07 Å². The fraction of sp³-hybridized carbons (Fsp3) is 0.571. The van der Waals surface area contributed by atoms with E-state index in [1.54, 1.807) is 12.1 Å². The van der Waals surface area contributed by atoms with Crippen LogP contribution in [0.5, 0.6) is 0 Å². The molecule has 2 nitrogen and oxygen atoms in total. The summed E-state index contributed by atoms with van der Waals surface area (Å²) in [7, 11) is 0. The van der Waals surface area contributed by atoms with Gasteiger partial charge in [0.2, 0.25) is 0 Å². The summed E-state index contributed by atoms with van der Waals surface area (Å²) in [5, 5.41) is 3.34. The van der Waals surface area contributed by atoms with Crippen LogP contribution in [0.1, 0.15) is 30.9 Å². The topological polar surface area (TPSA) is 21.3 Å². The molecule has 1 aliphatic rings. The molecule has 1 aromatic rings. The van der Waals surface area contributed by atoms with Gasteiger partial charge in [0.05, 0.1) is 12.2 Å². The molecule has 1 saturated heterocycles. The molecule has 0 aromatic heterocycles. The number of nitrogens with one attached hydrogen (secondary N) is 1. The van der Waals surface area contributed by atoms with Crippen LogP contribution in [-0.2, 0) is 11.3 Å².